The third-order valence-electron chi connectivity index (χ3n) is 5.91. The van der Waals surface area contributed by atoms with Crippen LogP contribution in [0.2, 0.25) is 0 Å². The van der Waals surface area contributed by atoms with Crippen molar-refractivity contribution in [1.29, 1.82) is 5.41 Å². The zero-order valence-electron chi connectivity index (χ0n) is 25.1. The van der Waals surface area contributed by atoms with Crippen LogP contribution < -0.4 is 16.5 Å². The number of amides is 4. The number of hydrogen-bond acceptors (Lipinski definition) is 14. The number of hydrazine groups is 1. The average Bonchev–Trinajstić information content (AvgIpc) is 3.07. The van der Waals surface area contributed by atoms with Crippen LogP contribution in [0.1, 0.15) is 32.1 Å². The van der Waals surface area contributed by atoms with Crippen LogP contribution in [0.3, 0.4) is 0 Å². The lowest BCUT2D eigenvalue weighted by Crippen LogP contribution is -2.51. The molecular formula is C25H34N12O10. The van der Waals surface area contributed by atoms with Crippen LogP contribution in [0.5, 0.6) is 0 Å². The molecule has 0 heterocycles. The van der Waals surface area contributed by atoms with E-state index in [9.17, 15) is 28.9 Å². The molecule has 0 aliphatic heterocycles. The summed E-state index contributed by atoms with van der Waals surface area (Å²) in [6.07, 6.45) is 1.41. The Morgan fingerprint density at radius 2 is 1.87 bits per heavy atom. The lowest BCUT2D eigenvalue weighted by Gasteiger charge is -2.27. The van der Waals surface area contributed by atoms with E-state index < -0.39 is 48.3 Å². The van der Waals surface area contributed by atoms with Gasteiger partial charge in [-0.3, -0.25) is 4.79 Å². The summed E-state index contributed by atoms with van der Waals surface area (Å²) in [5.41, 5.74) is 17.3. The molecule has 5 N–H and O–H groups in total. The van der Waals surface area contributed by atoms with E-state index in [1.54, 1.807) is 6.08 Å². The van der Waals surface area contributed by atoms with Crippen molar-refractivity contribution in [3.05, 3.63) is 61.9 Å². The second-order valence-electron chi connectivity index (χ2n) is 9.18. The first kappa shape index (κ1) is 39.0. The van der Waals surface area contributed by atoms with Gasteiger partial charge in [0.1, 0.15) is 24.5 Å². The van der Waals surface area contributed by atoms with Crippen molar-refractivity contribution in [3.8, 4) is 0 Å². The van der Waals surface area contributed by atoms with Crippen molar-refractivity contribution in [3.63, 3.8) is 0 Å². The van der Waals surface area contributed by atoms with Crippen molar-refractivity contribution in [2.24, 2.45) is 21.2 Å². The molecule has 22 heteroatoms. The van der Waals surface area contributed by atoms with E-state index in [4.69, 9.17) is 41.3 Å². The molecule has 0 radical (unpaired) electrons. The Kier molecular flexibility index (Phi) is 18.7. The van der Waals surface area contributed by atoms with E-state index in [0.29, 0.717) is 17.0 Å². The fourth-order valence-corrected chi connectivity index (χ4v) is 3.64. The normalized spacial score (nSPS) is 13.6. The molecule has 254 valence electrons. The first-order valence-corrected chi connectivity index (χ1v) is 13.8. The summed E-state index contributed by atoms with van der Waals surface area (Å²) in [5.74, 6) is 4.15. The number of rotatable bonds is 20. The van der Waals surface area contributed by atoms with Crippen LogP contribution in [0.15, 0.2) is 51.5 Å². The molecule has 4 amide bonds. The van der Waals surface area contributed by atoms with Gasteiger partial charge in [0, 0.05) is 40.6 Å². The van der Waals surface area contributed by atoms with Crippen molar-refractivity contribution >= 4 is 36.4 Å². The van der Waals surface area contributed by atoms with E-state index in [1.807, 2.05) is 0 Å². The van der Waals surface area contributed by atoms with Crippen LogP contribution in [-0.4, -0.2) is 92.4 Å². The van der Waals surface area contributed by atoms with E-state index in [0.717, 1.165) is 6.21 Å². The molecule has 47 heavy (non-hydrogen) atoms. The minimum Gasteiger partial charge on any atom is -0.460 e. The van der Waals surface area contributed by atoms with Gasteiger partial charge in [0.05, 0.1) is 19.7 Å². The summed E-state index contributed by atoms with van der Waals surface area (Å²) in [4.78, 5) is 76.7. The van der Waals surface area contributed by atoms with E-state index in [2.05, 4.69) is 42.4 Å². The number of carbonyl (C=O) groups excluding carboxylic acids is 5. The number of esters is 1. The zero-order chi connectivity index (χ0) is 35.0. The number of azide groups is 2. The van der Waals surface area contributed by atoms with Crippen molar-refractivity contribution in [2.75, 3.05) is 32.8 Å². The van der Waals surface area contributed by atoms with Crippen LogP contribution in [-0.2, 0) is 28.5 Å². The number of nitrogens with zero attached hydrogens (tertiary/aromatic N) is 8. The van der Waals surface area contributed by atoms with Gasteiger partial charge in [-0.1, -0.05) is 34.5 Å². The lowest BCUT2D eigenvalue weighted by molar-refractivity contribution is -0.148. The quantitative estimate of drug-likeness (QED) is 0.0119. The second-order valence-corrected chi connectivity index (χ2v) is 9.18. The largest absolute Gasteiger partial charge is 0.460 e. The molecule has 0 spiro atoms. The van der Waals surface area contributed by atoms with Gasteiger partial charge in [-0.25, -0.2) is 30.0 Å². The van der Waals surface area contributed by atoms with Crippen LogP contribution >= 0.6 is 0 Å². The van der Waals surface area contributed by atoms with Gasteiger partial charge >= 0.3 is 30.2 Å². The molecule has 0 saturated heterocycles. The second kappa shape index (κ2) is 22.5. The van der Waals surface area contributed by atoms with Crippen molar-refractivity contribution in [1.82, 2.24) is 15.6 Å². The Bertz CT molecular complexity index is 1320. The summed E-state index contributed by atoms with van der Waals surface area (Å²) in [6, 6.07) is -2.64. The molecule has 0 saturated carbocycles. The first-order valence-electron chi connectivity index (χ1n) is 13.8. The minimum absolute atomic E-state index is 0.00207. The predicted molar refractivity (Wildman–Crippen MR) is 161 cm³/mol. The first-order chi connectivity index (χ1) is 22.6. The van der Waals surface area contributed by atoms with Gasteiger partial charge in [0.25, 0.3) is 0 Å². The highest BCUT2D eigenvalue weighted by atomic mass is 16.6. The van der Waals surface area contributed by atoms with Gasteiger partial charge in [-0.2, -0.15) is 0 Å². The maximum absolute atomic E-state index is 12.7. The molecule has 0 aromatic rings. The number of alkyl carbamates (subject to hydrolysis) is 2. The maximum atomic E-state index is 12.7. The zero-order valence-corrected chi connectivity index (χ0v) is 25.1. The Hall–Kier alpha value is -5.98. The minimum atomic E-state index is -1.34. The topological polar surface area (TPSA) is 326 Å². The van der Waals surface area contributed by atoms with Crippen LogP contribution in [0.25, 0.3) is 20.9 Å². The number of hydrogen-bond donors (Lipinski definition) is 4. The van der Waals surface area contributed by atoms with Crippen LogP contribution in [0.4, 0.5) is 14.4 Å². The molecule has 0 fully saturated rings. The highest BCUT2D eigenvalue weighted by Gasteiger charge is 2.32. The number of nitrogens with two attached hydrogens (primary N) is 1. The summed E-state index contributed by atoms with van der Waals surface area (Å²) in [6.45, 7) is 2.58. The fraction of sp³-hybridized carbons (Fsp3) is 0.520. The molecule has 0 aromatic heterocycles. The number of carbonyl (C=O) groups is 5. The standard InChI is InChI=1S/C25H34N12O10/c1-2-11-44-22(39)20(37(29)25(42)47-18(14-26)15-32-36-28)13-16-5-7-17(8-6-16)46-23(40)30-9-3-4-19(21(38)34-43)33-24(41)45-12-10-31-35-27/h2,5,7,14,18-20,26H,1,3-4,6,8-13,15,29H2,(H,30,40)(H,33,41)/t18?,19-,20-/m0/s1. The van der Waals surface area contributed by atoms with Gasteiger partial charge in [0.15, 0.2) is 6.04 Å². The Labute approximate surface area is 267 Å². The number of allylic oxidation sites excluding steroid dienone is 3. The highest BCUT2D eigenvalue weighted by Crippen LogP contribution is 2.24. The summed E-state index contributed by atoms with van der Waals surface area (Å²) in [5, 5.41) is 21.2. The van der Waals surface area contributed by atoms with Crippen LogP contribution in [0, 0.1) is 10.3 Å². The SMILES string of the molecule is C=CCOC(=O)[C@H](CC1=CC=C(OC(=O)NCCC[C@H](NC(=O)OCCN=[N+]=[N-])C(=O)N=O)CC1)N(N)C(=O)OC(C=N)CN=[N+]=[N-]. The molecule has 1 aliphatic rings. The predicted octanol–water partition coefficient (Wildman–Crippen LogP) is 2.92. The lowest BCUT2D eigenvalue weighted by atomic mass is 9.97. The molecule has 1 rings (SSSR count). The smallest absolute Gasteiger partial charge is 0.425 e. The monoisotopic (exact) mass is 662 g/mol. The van der Waals surface area contributed by atoms with E-state index in [1.165, 1.54) is 12.2 Å². The molecule has 3 atom stereocenters. The Morgan fingerprint density at radius 3 is 2.49 bits per heavy atom. The maximum Gasteiger partial charge on any atom is 0.425 e. The van der Waals surface area contributed by atoms with Gasteiger partial charge in [0.2, 0.25) is 0 Å². The summed E-state index contributed by atoms with van der Waals surface area (Å²) < 4.78 is 20.1. The third kappa shape index (κ3) is 15.5. The number of nitroso groups, excluding NO2 is 1. The van der Waals surface area contributed by atoms with Gasteiger partial charge < -0.3 is 35.0 Å². The van der Waals surface area contributed by atoms with Crippen molar-refractivity contribution < 1.29 is 42.9 Å². The summed E-state index contributed by atoms with van der Waals surface area (Å²) >= 11 is 0. The molecule has 22 nitrogen and oxygen atoms in total. The Morgan fingerprint density at radius 1 is 1.13 bits per heavy atom. The van der Waals surface area contributed by atoms with Crippen molar-refractivity contribution in [2.45, 2.75) is 50.3 Å². The molecule has 1 unspecified atom stereocenters. The number of nitrogens with one attached hydrogen (secondary N) is 3. The van der Waals surface area contributed by atoms with Gasteiger partial charge in [-0.05, 0) is 36.4 Å². The molecule has 1 aliphatic carbocycles. The Balaban J connectivity index is 2.72. The average molecular weight is 663 g/mol. The molecule has 0 bridgehead atoms. The van der Waals surface area contributed by atoms with E-state index in [-0.39, 0.29) is 64.3 Å². The fourth-order valence-electron chi connectivity index (χ4n) is 3.64. The third-order valence-corrected chi connectivity index (χ3v) is 5.91. The molecular weight excluding hydrogens is 628 g/mol. The van der Waals surface area contributed by atoms with Gasteiger partial charge in [-0.15, -0.1) is 4.91 Å². The van der Waals surface area contributed by atoms with E-state index >= 15 is 0 Å². The summed E-state index contributed by atoms with van der Waals surface area (Å²) in [7, 11) is 0. The molecule has 0 aromatic carbocycles. The highest BCUT2D eigenvalue weighted by molar-refractivity contribution is 5.86. The number of ether oxygens (including phenoxy) is 4.